The van der Waals surface area contributed by atoms with E-state index in [9.17, 15) is 14.8 Å². The molecule has 1 aromatic carbocycles. The zero-order chi connectivity index (χ0) is 23.3. The highest BCUT2D eigenvalue weighted by Crippen LogP contribution is 2.44. The number of hydrogen-bond donors (Lipinski definition) is 4. The van der Waals surface area contributed by atoms with Crippen LogP contribution in [-0.2, 0) is 33.3 Å². The summed E-state index contributed by atoms with van der Waals surface area (Å²) in [4.78, 5) is 25.1. The molecule has 0 saturated carbocycles. The highest BCUT2D eigenvalue weighted by Gasteiger charge is 2.62. The molecule has 6 unspecified atom stereocenters. The summed E-state index contributed by atoms with van der Waals surface area (Å²) >= 11 is 0. The summed E-state index contributed by atoms with van der Waals surface area (Å²) < 4.78 is 29.4. The number of quaternary nitrogens is 1. The van der Waals surface area contributed by atoms with Crippen molar-refractivity contribution in [2.75, 3.05) is 11.9 Å². The summed E-state index contributed by atoms with van der Waals surface area (Å²) in [5.41, 5.74) is 0.501. The van der Waals surface area contributed by atoms with E-state index in [2.05, 4.69) is 10.6 Å². The van der Waals surface area contributed by atoms with Gasteiger partial charge in [-0.05, 0) is 39.8 Å². The van der Waals surface area contributed by atoms with Crippen molar-refractivity contribution in [3.05, 3.63) is 29.5 Å². The maximum atomic E-state index is 12.9. The Morgan fingerprint density at radius 2 is 1.59 bits per heavy atom. The number of ether oxygens (including phenoxy) is 5. The number of amides is 2. The zero-order valence-corrected chi connectivity index (χ0v) is 18.1. The molecule has 1 aromatic rings. The van der Waals surface area contributed by atoms with Crippen LogP contribution in [0, 0.1) is 5.21 Å². The smallest absolute Gasteiger partial charge is 0.252 e. The van der Waals surface area contributed by atoms with E-state index in [-0.39, 0.29) is 12.2 Å². The minimum absolute atomic E-state index is 0.0987. The lowest BCUT2D eigenvalue weighted by molar-refractivity contribution is -0.991. The molecule has 0 bridgehead atoms. The first-order valence-electron chi connectivity index (χ1n) is 10.2. The Kier molecular flexibility index (Phi) is 5.98. The quantitative estimate of drug-likeness (QED) is 0.434. The van der Waals surface area contributed by atoms with E-state index >= 15 is 0 Å². The fraction of sp³-hybridized carbons (Fsp3) is 0.600. The van der Waals surface area contributed by atoms with Crippen LogP contribution in [0.3, 0.4) is 0 Å². The average Bonchev–Trinajstić information content (AvgIpc) is 3.19. The van der Waals surface area contributed by atoms with Gasteiger partial charge in [0.2, 0.25) is 5.91 Å². The summed E-state index contributed by atoms with van der Waals surface area (Å²) in [5.74, 6) is -2.89. The van der Waals surface area contributed by atoms with Gasteiger partial charge in [-0.25, -0.2) is 5.21 Å². The van der Waals surface area contributed by atoms with Gasteiger partial charge in [0.25, 0.3) is 5.91 Å². The van der Waals surface area contributed by atoms with E-state index in [1.807, 2.05) is 0 Å². The highest BCUT2D eigenvalue weighted by atomic mass is 16.9. The number of fused-ring (bicyclic) bond motifs is 3. The van der Waals surface area contributed by atoms with E-state index in [4.69, 9.17) is 28.9 Å². The Bertz CT molecular complexity index is 874. The molecule has 12 nitrogen and oxygen atoms in total. The third-order valence-electron chi connectivity index (χ3n) is 5.25. The van der Waals surface area contributed by atoms with Gasteiger partial charge in [-0.15, -0.1) is 0 Å². The van der Waals surface area contributed by atoms with Crippen molar-refractivity contribution >= 4 is 23.2 Å². The molecule has 0 radical (unpaired) electrons. The molecule has 3 heterocycles. The number of hydrogen-bond acceptors (Lipinski definition) is 9. The van der Waals surface area contributed by atoms with Crippen LogP contribution < -0.4 is 15.9 Å². The molecular formula is C20H27N3O9. The molecule has 176 valence electrons. The van der Waals surface area contributed by atoms with E-state index in [0.717, 1.165) is 0 Å². The molecule has 4 rings (SSSR count). The SMILES string of the molecule is CC1(C)OC2OC(C(=O)NCC(=O)Nc3ccc([NH+]([O-])O)cc3)C3OC(C)(C)OC3C2O1. The molecule has 3 aliphatic rings. The second-order valence-corrected chi connectivity index (χ2v) is 8.74. The first-order valence-corrected chi connectivity index (χ1v) is 10.2. The highest BCUT2D eigenvalue weighted by molar-refractivity contribution is 5.95. The molecule has 3 saturated heterocycles. The largest absolute Gasteiger partial charge is 0.595 e. The van der Waals surface area contributed by atoms with Crippen LogP contribution in [0.1, 0.15) is 27.7 Å². The van der Waals surface area contributed by atoms with Gasteiger partial charge in [0.05, 0.1) is 6.54 Å². The predicted molar refractivity (Wildman–Crippen MR) is 106 cm³/mol. The Balaban J connectivity index is 1.37. The maximum absolute atomic E-state index is 12.9. The van der Waals surface area contributed by atoms with E-state index in [0.29, 0.717) is 5.69 Å². The molecule has 0 spiro atoms. The van der Waals surface area contributed by atoms with Gasteiger partial charge in [0, 0.05) is 17.8 Å². The van der Waals surface area contributed by atoms with Gasteiger partial charge < -0.3 is 39.5 Å². The average molecular weight is 453 g/mol. The third-order valence-corrected chi connectivity index (χ3v) is 5.25. The van der Waals surface area contributed by atoms with Gasteiger partial charge >= 0.3 is 0 Å². The van der Waals surface area contributed by atoms with E-state index in [1.54, 1.807) is 27.7 Å². The summed E-state index contributed by atoms with van der Waals surface area (Å²) in [6.45, 7) is 6.64. The monoisotopic (exact) mass is 453 g/mol. The molecule has 2 amide bonds. The van der Waals surface area contributed by atoms with Crippen molar-refractivity contribution in [2.24, 2.45) is 0 Å². The molecular weight excluding hydrogens is 426 g/mol. The third kappa shape index (κ3) is 4.77. The van der Waals surface area contributed by atoms with Gasteiger partial charge in [0.1, 0.15) is 18.3 Å². The number of carbonyl (C=O) groups excluding carboxylic acids is 2. The van der Waals surface area contributed by atoms with Crippen molar-refractivity contribution in [3.8, 4) is 0 Å². The number of rotatable bonds is 5. The zero-order valence-electron chi connectivity index (χ0n) is 18.1. The van der Waals surface area contributed by atoms with E-state index < -0.39 is 59.3 Å². The minimum atomic E-state index is -1.07. The molecule has 0 aliphatic carbocycles. The molecule has 6 atom stereocenters. The van der Waals surface area contributed by atoms with Crippen molar-refractivity contribution < 1.29 is 43.7 Å². The first-order chi connectivity index (χ1) is 14.9. The molecule has 32 heavy (non-hydrogen) atoms. The maximum Gasteiger partial charge on any atom is 0.252 e. The van der Waals surface area contributed by atoms with Gasteiger partial charge in [-0.1, -0.05) is 0 Å². The summed E-state index contributed by atoms with van der Waals surface area (Å²) in [6, 6.07) is 5.66. The lowest BCUT2D eigenvalue weighted by Gasteiger charge is -2.36. The van der Waals surface area contributed by atoms with Crippen molar-refractivity contribution in [1.82, 2.24) is 5.32 Å². The fourth-order valence-corrected chi connectivity index (χ4v) is 3.99. The standard InChI is InChI=1S/C20H27N3O9/c1-19(2)29-13-14(30-19)16-18(32-20(3,4)31-16)28-15(13)17(25)21-9-12(24)22-10-5-7-11(8-6-10)23(26)27/h5-8,13-16,18,23,26H,9H2,1-4H3,(H,21,25)(H,22,24). The Hall–Kier alpha value is -2.16. The van der Waals surface area contributed by atoms with Crippen molar-refractivity contribution in [3.63, 3.8) is 0 Å². The Morgan fingerprint density at radius 3 is 2.25 bits per heavy atom. The van der Waals surface area contributed by atoms with Crippen molar-refractivity contribution in [2.45, 2.75) is 70.0 Å². The van der Waals surface area contributed by atoms with Crippen molar-refractivity contribution in [1.29, 1.82) is 0 Å². The van der Waals surface area contributed by atoms with Crippen LogP contribution in [0.5, 0.6) is 0 Å². The number of anilines is 1. The number of benzene rings is 1. The van der Waals surface area contributed by atoms with Crippen LogP contribution in [0.15, 0.2) is 24.3 Å². The summed E-state index contributed by atoms with van der Waals surface area (Å²) in [7, 11) is 0. The van der Waals surface area contributed by atoms with Crippen LogP contribution >= 0.6 is 0 Å². The second-order valence-electron chi connectivity index (χ2n) is 8.74. The van der Waals surface area contributed by atoms with Crippen LogP contribution in [0.2, 0.25) is 0 Å². The Morgan fingerprint density at radius 1 is 1.00 bits per heavy atom. The molecule has 4 N–H and O–H groups in total. The summed E-state index contributed by atoms with van der Waals surface area (Å²) in [5, 5.41) is 23.9. The Labute approximate surface area is 184 Å². The summed E-state index contributed by atoms with van der Waals surface area (Å²) in [6.07, 6.45) is -3.76. The number of carbonyl (C=O) groups is 2. The number of nitrogens with one attached hydrogen (secondary N) is 3. The fourth-order valence-electron chi connectivity index (χ4n) is 3.99. The topological polar surface area (TPSA) is 152 Å². The second kappa shape index (κ2) is 8.32. The lowest BCUT2D eigenvalue weighted by Crippen LogP contribution is -2.99. The molecule has 3 fully saturated rings. The van der Waals surface area contributed by atoms with Crippen LogP contribution in [-0.4, -0.2) is 65.8 Å². The van der Waals surface area contributed by atoms with Gasteiger partial charge in [-0.2, -0.15) is 5.23 Å². The molecule has 0 aromatic heterocycles. The first kappa shape index (κ1) is 23.0. The minimum Gasteiger partial charge on any atom is -0.595 e. The lowest BCUT2D eigenvalue weighted by atomic mass is 9.98. The van der Waals surface area contributed by atoms with Gasteiger partial charge in [-0.3, -0.25) is 9.59 Å². The molecule has 3 aliphatic heterocycles. The van der Waals surface area contributed by atoms with Gasteiger partial charge in [0.15, 0.2) is 29.7 Å². The molecule has 12 heteroatoms. The predicted octanol–water partition coefficient (Wildman–Crippen LogP) is -0.459. The van der Waals surface area contributed by atoms with Crippen LogP contribution in [0.4, 0.5) is 11.4 Å². The normalized spacial score (nSPS) is 33.1. The van der Waals surface area contributed by atoms with E-state index in [1.165, 1.54) is 24.3 Å². The van der Waals surface area contributed by atoms with Crippen LogP contribution in [0.25, 0.3) is 0 Å².